The summed E-state index contributed by atoms with van der Waals surface area (Å²) in [6.07, 6.45) is 0. The van der Waals surface area contributed by atoms with Crippen LogP contribution in [-0.2, 0) is 0 Å². The number of hydrogen-bond donors (Lipinski definition) is 2. The van der Waals surface area contributed by atoms with Crippen molar-refractivity contribution in [1.82, 2.24) is 10.6 Å². The molecule has 0 aliphatic heterocycles. The van der Waals surface area contributed by atoms with Crippen LogP contribution in [0.1, 0.15) is 39.3 Å². The van der Waals surface area contributed by atoms with Crippen molar-refractivity contribution in [2.24, 2.45) is 0 Å². The summed E-state index contributed by atoms with van der Waals surface area (Å²) < 4.78 is 5.37. The largest absolute Gasteiger partial charge is 0.496 e. The minimum atomic E-state index is 0.176. The van der Waals surface area contributed by atoms with Crippen LogP contribution in [0.4, 0.5) is 0 Å². The highest BCUT2D eigenvalue weighted by molar-refractivity contribution is 5.35. The number of para-hydroxylation sites is 1. The van der Waals surface area contributed by atoms with Crippen LogP contribution in [0.15, 0.2) is 24.3 Å². The van der Waals surface area contributed by atoms with Crippen molar-refractivity contribution in [3.05, 3.63) is 29.8 Å². The molecule has 1 aromatic rings. The van der Waals surface area contributed by atoms with Gasteiger partial charge in [0.25, 0.3) is 0 Å². The Morgan fingerprint density at radius 2 is 1.83 bits per heavy atom. The summed E-state index contributed by atoms with van der Waals surface area (Å²) in [7, 11) is 1.71. The van der Waals surface area contributed by atoms with Gasteiger partial charge in [0.2, 0.25) is 0 Å². The van der Waals surface area contributed by atoms with Crippen molar-refractivity contribution in [3.8, 4) is 5.75 Å². The first-order valence-electron chi connectivity index (χ1n) is 6.55. The van der Waals surface area contributed by atoms with Crippen LogP contribution in [-0.4, -0.2) is 25.7 Å². The van der Waals surface area contributed by atoms with Gasteiger partial charge >= 0.3 is 0 Å². The summed E-state index contributed by atoms with van der Waals surface area (Å²) in [5.74, 6) is 0.946. The molecular formula is C15H26N2O. The molecule has 0 unspecified atom stereocenters. The molecule has 1 atom stereocenters. The van der Waals surface area contributed by atoms with E-state index in [0.717, 1.165) is 18.8 Å². The van der Waals surface area contributed by atoms with Gasteiger partial charge in [-0.2, -0.15) is 0 Å². The molecule has 0 amide bonds. The lowest BCUT2D eigenvalue weighted by molar-refractivity contribution is 0.394. The van der Waals surface area contributed by atoms with Gasteiger partial charge in [0, 0.05) is 30.2 Å². The third-order valence-electron chi connectivity index (χ3n) is 2.84. The summed E-state index contributed by atoms with van der Waals surface area (Å²) in [6.45, 7) is 10.6. The predicted molar refractivity (Wildman–Crippen MR) is 77.2 cm³/mol. The highest BCUT2D eigenvalue weighted by Crippen LogP contribution is 2.23. The molecule has 1 aromatic carbocycles. The third-order valence-corrected chi connectivity index (χ3v) is 2.84. The second-order valence-electron chi connectivity index (χ2n) is 5.59. The van der Waals surface area contributed by atoms with Gasteiger partial charge in [-0.25, -0.2) is 0 Å². The SMILES string of the molecule is COc1ccccc1[C@@H](C)NCCNC(C)(C)C. The molecule has 0 aromatic heterocycles. The van der Waals surface area contributed by atoms with E-state index in [4.69, 9.17) is 4.74 Å². The monoisotopic (exact) mass is 250 g/mol. The van der Waals surface area contributed by atoms with Gasteiger partial charge < -0.3 is 15.4 Å². The molecule has 3 heteroatoms. The maximum absolute atomic E-state index is 5.37. The smallest absolute Gasteiger partial charge is 0.123 e. The first kappa shape index (κ1) is 15.0. The molecule has 18 heavy (non-hydrogen) atoms. The summed E-state index contributed by atoms with van der Waals surface area (Å²) in [6, 6.07) is 8.44. The van der Waals surface area contributed by atoms with Crippen molar-refractivity contribution in [2.45, 2.75) is 39.3 Å². The fraction of sp³-hybridized carbons (Fsp3) is 0.600. The first-order chi connectivity index (χ1) is 8.44. The van der Waals surface area contributed by atoms with Gasteiger partial charge in [-0.1, -0.05) is 18.2 Å². The summed E-state index contributed by atoms with van der Waals surface area (Å²) >= 11 is 0. The fourth-order valence-electron chi connectivity index (χ4n) is 1.86. The lowest BCUT2D eigenvalue weighted by atomic mass is 10.1. The third kappa shape index (κ3) is 5.07. The quantitative estimate of drug-likeness (QED) is 0.762. The molecule has 0 saturated heterocycles. The van der Waals surface area contributed by atoms with E-state index in [2.05, 4.69) is 44.4 Å². The Bertz CT molecular complexity index is 358. The zero-order valence-corrected chi connectivity index (χ0v) is 12.2. The van der Waals surface area contributed by atoms with Crippen LogP contribution in [0, 0.1) is 0 Å². The van der Waals surface area contributed by atoms with E-state index in [1.807, 2.05) is 18.2 Å². The summed E-state index contributed by atoms with van der Waals surface area (Å²) in [5, 5.41) is 6.97. The molecule has 1 rings (SSSR count). The zero-order chi connectivity index (χ0) is 13.6. The van der Waals surface area contributed by atoms with Crippen LogP contribution in [0.25, 0.3) is 0 Å². The maximum atomic E-state index is 5.37. The highest BCUT2D eigenvalue weighted by Gasteiger charge is 2.11. The lowest BCUT2D eigenvalue weighted by Crippen LogP contribution is -2.40. The molecule has 0 aliphatic rings. The molecule has 0 aliphatic carbocycles. The summed E-state index contributed by atoms with van der Waals surface area (Å²) in [4.78, 5) is 0. The average molecular weight is 250 g/mol. The normalized spacial score (nSPS) is 13.4. The van der Waals surface area contributed by atoms with Gasteiger partial charge in [0.15, 0.2) is 0 Å². The minimum Gasteiger partial charge on any atom is -0.496 e. The van der Waals surface area contributed by atoms with Crippen LogP contribution < -0.4 is 15.4 Å². The van der Waals surface area contributed by atoms with Crippen molar-refractivity contribution < 1.29 is 4.74 Å². The van der Waals surface area contributed by atoms with Crippen molar-refractivity contribution in [2.75, 3.05) is 20.2 Å². The standard InChI is InChI=1S/C15H26N2O/c1-12(16-10-11-17-15(2,3)4)13-8-6-7-9-14(13)18-5/h6-9,12,16-17H,10-11H2,1-5H3/t12-/m1/s1. The van der Waals surface area contributed by atoms with E-state index in [0.29, 0.717) is 6.04 Å². The molecular weight excluding hydrogens is 224 g/mol. The minimum absolute atomic E-state index is 0.176. The Morgan fingerprint density at radius 1 is 1.17 bits per heavy atom. The van der Waals surface area contributed by atoms with Crippen LogP contribution in [0.5, 0.6) is 5.75 Å². The molecule has 102 valence electrons. The molecule has 2 N–H and O–H groups in total. The lowest BCUT2D eigenvalue weighted by Gasteiger charge is -2.22. The number of nitrogens with one attached hydrogen (secondary N) is 2. The Kier molecular flexibility index (Phi) is 5.63. The average Bonchev–Trinajstić information content (AvgIpc) is 2.33. The molecule has 0 fully saturated rings. The molecule has 0 heterocycles. The Balaban J connectivity index is 2.43. The number of rotatable bonds is 6. The fourth-order valence-corrected chi connectivity index (χ4v) is 1.86. The van der Waals surface area contributed by atoms with Crippen molar-refractivity contribution in [1.29, 1.82) is 0 Å². The second-order valence-corrected chi connectivity index (χ2v) is 5.59. The number of methoxy groups -OCH3 is 1. The van der Waals surface area contributed by atoms with Gasteiger partial charge in [-0.05, 0) is 33.8 Å². The van der Waals surface area contributed by atoms with E-state index in [1.165, 1.54) is 5.56 Å². The van der Waals surface area contributed by atoms with Crippen LogP contribution in [0.3, 0.4) is 0 Å². The van der Waals surface area contributed by atoms with E-state index in [-0.39, 0.29) is 5.54 Å². The van der Waals surface area contributed by atoms with Gasteiger partial charge in [0.05, 0.1) is 7.11 Å². The molecule has 0 bridgehead atoms. The maximum Gasteiger partial charge on any atom is 0.123 e. The topological polar surface area (TPSA) is 33.3 Å². The van der Waals surface area contributed by atoms with E-state index in [1.54, 1.807) is 7.11 Å². The molecule has 0 saturated carbocycles. The van der Waals surface area contributed by atoms with E-state index >= 15 is 0 Å². The van der Waals surface area contributed by atoms with Crippen molar-refractivity contribution >= 4 is 0 Å². The Labute approximate surface area is 111 Å². The highest BCUT2D eigenvalue weighted by atomic mass is 16.5. The number of hydrogen-bond acceptors (Lipinski definition) is 3. The molecule has 0 spiro atoms. The van der Waals surface area contributed by atoms with Gasteiger partial charge in [-0.3, -0.25) is 0 Å². The van der Waals surface area contributed by atoms with Gasteiger partial charge in [0.1, 0.15) is 5.75 Å². The Hall–Kier alpha value is -1.06. The first-order valence-corrected chi connectivity index (χ1v) is 6.55. The van der Waals surface area contributed by atoms with E-state index in [9.17, 15) is 0 Å². The molecule has 0 radical (unpaired) electrons. The second kappa shape index (κ2) is 6.76. The van der Waals surface area contributed by atoms with Crippen LogP contribution in [0.2, 0.25) is 0 Å². The zero-order valence-electron chi connectivity index (χ0n) is 12.2. The van der Waals surface area contributed by atoms with Crippen molar-refractivity contribution in [3.63, 3.8) is 0 Å². The van der Waals surface area contributed by atoms with Gasteiger partial charge in [-0.15, -0.1) is 0 Å². The predicted octanol–water partition coefficient (Wildman–Crippen LogP) is 2.73. The summed E-state index contributed by atoms with van der Waals surface area (Å²) in [5.41, 5.74) is 1.38. The van der Waals surface area contributed by atoms with E-state index < -0.39 is 0 Å². The number of ether oxygens (including phenoxy) is 1. The molecule has 3 nitrogen and oxygen atoms in total. The number of benzene rings is 1. The van der Waals surface area contributed by atoms with Crippen LogP contribution >= 0.6 is 0 Å². The Morgan fingerprint density at radius 3 is 2.44 bits per heavy atom.